The molecule has 0 radical (unpaired) electrons. The Kier molecular flexibility index (Phi) is 9.61. The molecular formula is C14H28O5. The number of hydrogen-bond acceptors (Lipinski definition) is 5. The Morgan fingerprint density at radius 3 is 2.37 bits per heavy atom. The summed E-state index contributed by atoms with van der Waals surface area (Å²) in [5, 5.41) is 4.47. The monoisotopic (exact) mass is 276 g/mol. The third-order valence-corrected chi connectivity index (χ3v) is 2.49. The molecule has 0 N–H and O–H groups in total. The first-order chi connectivity index (χ1) is 8.89. The highest BCUT2D eigenvalue weighted by Crippen LogP contribution is 2.14. The van der Waals surface area contributed by atoms with Crippen molar-refractivity contribution in [1.82, 2.24) is 0 Å². The third-order valence-electron chi connectivity index (χ3n) is 2.49. The Labute approximate surface area is 116 Å². The van der Waals surface area contributed by atoms with Gasteiger partial charge in [0, 0.05) is 0 Å². The fourth-order valence-electron chi connectivity index (χ4n) is 1.34. The smallest absolute Gasteiger partial charge is 0.432 e. The highest BCUT2D eigenvalue weighted by atomic mass is 17.5. The van der Waals surface area contributed by atoms with Crippen LogP contribution in [0.2, 0.25) is 0 Å². The van der Waals surface area contributed by atoms with E-state index in [9.17, 15) is 4.79 Å². The summed E-state index contributed by atoms with van der Waals surface area (Å²) in [4.78, 5) is 20.6. The second-order valence-corrected chi connectivity index (χ2v) is 5.87. The average Bonchev–Trinajstić information content (AvgIpc) is 2.34. The largest absolute Gasteiger partial charge is 0.542 e. The molecule has 0 fully saturated rings. The van der Waals surface area contributed by atoms with Gasteiger partial charge in [0.15, 0.2) is 0 Å². The second kappa shape index (κ2) is 10.0. The van der Waals surface area contributed by atoms with Gasteiger partial charge in [0.05, 0.1) is 12.7 Å². The molecule has 0 amide bonds. The van der Waals surface area contributed by atoms with Crippen LogP contribution in [0.25, 0.3) is 0 Å². The normalized spacial score (nSPS) is 13.1. The van der Waals surface area contributed by atoms with E-state index in [1.165, 1.54) is 0 Å². The van der Waals surface area contributed by atoms with Gasteiger partial charge >= 0.3 is 6.16 Å². The van der Waals surface area contributed by atoms with Gasteiger partial charge in [0.1, 0.15) is 0 Å². The number of hydrogen-bond donors (Lipinski definition) is 0. The first kappa shape index (κ1) is 18.2. The van der Waals surface area contributed by atoms with E-state index in [4.69, 9.17) is 9.62 Å². The fourth-order valence-corrected chi connectivity index (χ4v) is 1.34. The zero-order chi connectivity index (χ0) is 14.7. The Morgan fingerprint density at radius 1 is 1.16 bits per heavy atom. The van der Waals surface area contributed by atoms with Crippen molar-refractivity contribution in [3.63, 3.8) is 0 Å². The van der Waals surface area contributed by atoms with E-state index in [0.29, 0.717) is 0 Å². The van der Waals surface area contributed by atoms with E-state index < -0.39 is 6.16 Å². The lowest BCUT2D eigenvalue weighted by Crippen LogP contribution is -2.20. The number of rotatable bonds is 9. The average molecular weight is 276 g/mol. The van der Waals surface area contributed by atoms with E-state index in [2.05, 4.69) is 16.8 Å². The maximum absolute atomic E-state index is 11.2. The minimum absolute atomic E-state index is 0.0537. The van der Waals surface area contributed by atoms with Gasteiger partial charge < -0.3 is 4.74 Å². The van der Waals surface area contributed by atoms with Gasteiger partial charge in [-0.25, -0.2) is 9.68 Å². The Balaban J connectivity index is 3.66. The third kappa shape index (κ3) is 12.0. The van der Waals surface area contributed by atoms with Crippen molar-refractivity contribution in [1.29, 1.82) is 0 Å². The highest BCUT2D eigenvalue weighted by molar-refractivity contribution is 5.58. The molecule has 0 saturated carbocycles. The summed E-state index contributed by atoms with van der Waals surface area (Å²) >= 11 is 0. The minimum atomic E-state index is -0.877. The molecule has 0 saturated heterocycles. The van der Waals surface area contributed by atoms with Crippen molar-refractivity contribution in [3.8, 4) is 0 Å². The first-order valence-corrected chi connectivity index (χ1v) is 7.05. The standard InChI is InChI=1S/C14H28O5/c1-6-8-9-10-12(7-2)17-19-18-13(15)16-11-14(3,4)5/h12H,6-11H2,1-5H3. The molecule has 0 rings (SSSR count). The van der Waals surface area contributed by atoms with E-state index in [1.54, 1.807) is 0 Å². The maximum Gasteiger partial charge on any atom is 0.542 e. The molecule has 0 spiro atoms. The van der Waals surface area contributed by atoms with Crippen LogP contribution in [0.3, 0.4) is 0 Å². The molecule has 0 aromatic heterocycles. The number of unbranched alkanes of at least 4 members (excludes halogenated alkanes) is 2. The molecule has 0 aromatic carbocycles. The Morgan fingerprint density at radius 2 is 1.84 bits per heavy atom. The van der Waals surface area contributed by atoms with Crippen molar-refractivity contribution >= 4 is 6.16 Å². The Hall–Kier alpha value is -0.810. The van der Waals surface area contributed by atoms with Crippen LogP contribution in [-0.2, 0) is 19.6 Å². The summed E-state index contributed by atoms with van der Waals surface area (Å²) in [5.74, 6) is 0. The van der Waals surface area contributed by atoms with Gasteiger partial charge in [0.2, 0.25) is 0 Å². The van der Waals surface area contributed by atoms with Gasteiger partial charge in [-0.1, -0.05) is 53.9 Å². The lowest BCUT2D eigenvalue weighted by atomic mass is 9.99. The summed E-state index contributed by atoms with van der Waals surface area (Å²) in [7, 11) is 0. The van der Waals surface area contributed by atoms with Gasteiger partial charge in [-0.15, -0.1) is 0 Å². The van der Waals surface area contributed by atoms with E-state index in [-0.39, 0.29) is 18.1 Å². The quantitative estimate of drug-likeness (QED) is 0.270. The molecular weight excluding hydrogens is 248 g/mol. The molecule has 19 heavy (non-hydrogen) atoms. The van der Waals surface area contributed by atoms with E-state index in [1.807, 2.05) is 27.7 Å². The molecule has 0 aliphatic rings. The summed E-state index contributed by atoms with van der Waals surface area (Å²) in [6.07, 6.45) is 4.17. The van der Waals surface area contributed by atoms with Crippen LogP contribution >= 0.6 is 0 Å². The van der Waals surface area contributed by atoms with E-state index in [0.717, 1.165) is 32.1 Å². The van der Waals surface area contributed by atoms with Crippen LogP contribution in [-0.4, -0.2) is 18.9 Å². The fraction of sp³-hybridized carbons (Fsp3) is 0.929. The summed E-state index contributed by atoms with van der Waals surface area (Å²) in [6.45, 7) is 10.3. The van der Waals surface area contributed by atoms with Crippen molar-refractivity contribution in [2.75, 3.05) is 6.61 Å². The van der Waals surface area contributed by atoms with Crippen LogP contribution in [0.1, 0.15) is 66.7 Å². The molecule has 5 heteroatoms. The van der Waals surface area contributed by atoms with Crippen molar-refractivity contribution in [2.24, 2.45) is 5.41 Å². The van der Waals surface area contributed by atoms with Crippen LogP contribution in [0.15, 0.2) is 0 Å². The van der Waals surface area contributed by atoms with Crippen molar-refractivity contribution in [2.45, 2.75) is 72.8 Å². The molecule has 114 valence electrons. The number of carbonyl (C=O) groups excluding carboxylic acids is 1. The SMILES string of the molecule is CCCCCC(CC)OOOC(=O)OCC(C)(C)C. The minimum Gasteiger partial charge on any atom is -0.432 e. The van der Waals surface area contributed by atoms with Gasteiger partial charge in [-0.2, -0.15) is 4.89 Å². The lowest BCUT2D eigenvalue weighted by molar-refractivity contribution is -0.502. The predicted octanol–water partition coefficient (Wildman–Crippen LogP) is 4.41. The zero-order valence-electron chi connectivity index (χ0n) is 12.9. The van der Waals surface area contributed by atoms with Crippen molar-refractivity contribution < 1.29 is 24.3 Å². The van der Waals surface area contributed by atoms with Crippen LogP contribution in [0, 0.1) is 5.41 Å². The zero-order valence-corrected chi connectivity index (χ0v) is 12.9. The van der Waals surface area contributed by atoms with Gasteiger partial charge in [0.25, 0.3) is 0 Å². The molecule has 1 atom stereocenters. The molecule has 0 aliphatic carbocycles. The van der Waals surface area contributed by atoms with Crippen LogP contribution in [0.5, 0.6) is 0 Å². The molecule has 0 aliphatic heterocycles. The lowest BCUT2D eigenvalue weighted by Gasteiger charge is -2.17. The maximum atomic E-state index is 11.2. The highest BCUT2D eigenvalue weighted by Gasteiger charge is 2.16. The summed E-state index contributed by atoms with van der Waals surface area (Å²) in [5.41, 5.74) is -0.105. The summed E-state index contributed by atoms with van der Waals surface area (Å²) < 4.78 is 4.85. The number of ether oxygens (including phenoxy) is 1. The molecule has 0 heterocycles. The van der Waals surface area contributed by atoms with Crippen LogP contribution < -0.4 is 0 Å². The summed E-state index contributed by atoms with van der Waals surface area (Å²) in [6, 6.07) is 0. The Bertz CT molecular complexity index is 234. The topological polar surface area (TPSA) is 54.0 Å². The first-order valence-electron chi connectivity index (χ1n) is 7.05. The van der Waals surface area contributed by atoms with Gasteiger partial charge in [-0.3, -0.25) is 0 Å². The van der Waals surface area contributed by atoms with Crippen LogP contribution in [0.4, 0.5) is 4.79 Å². The molecule has 0 bridgehead atoms. The second-order valence-electron chi connectivity index (χ2n) is 5.87. The van der Waals surface area contributed by atoms with E-state index >= 15 is 0 Å². The molecule has 5 nitrogen and oxygen atoms in total. The number of carbonyl (C=O) groups is 1. The predicted molar refractivity (Wildman–Crippen MR) is 72.3 cm³/mol. The van der Waals surface area contributed by atoms with Crippen molar-refractivity contribution in [3.05, 3.63) is 0 Å². The molecule has 0 aromatic rings. The van der Waals surface area contributed by atoms with Gasteiger partial charge in [-0.05, 0) is 23.3 Å². The molecule has 1 unspecified atom stereocenters.